The lowest BCUT2D eigenvalue weighted by atomic mass is 10.1. The fourth-order valence-corrected chi connectivity index (χ4v) is 0.802. The highest BCUT2D eigenvalue weighted by atomic mass is 16.2. The van der Waals surface area contributed by atoms with Gasteiger partial charge in [0.15, 0.2) is 0 Å². The molecule has 1 unspecified atom stereocenters. The Balaban J connectivity index is 3.10. The van der Waals surface area contributed by atoms with Crippen molar-refractivity contribution in [3.05, 3.63) is 0 Å². The zero-order valence-corrected chi connectivity index (χ0v) is 7.93. The van der Waals surface area contributed by atoms with Crippen LogP contribution in [-0.2, 0) is 0 Å². The Hall–Kier alpha value is -0.0800. The molecule has 0 amide bonds. The summed E-state index contributed by atoms with van der Waals surface area (Å²) in [7, 11) is 0. The Kier molecular flexibility index (Phi) is 6.57. The van der Waals surface area contributed by atoms with Crippen molar-refractivity contribution in [1.82, 2.24) is 5.32 Å². The molecular formula is C9H21NO. The van der Waals surface area contributed by atoms with Gasteiger partial charge in [-0.3, -0.25) is 0 Å². The maximum Gasteiger partial charge on any atom is 0.0431 e. The first-order valence-corrected chi connectivity index (χ1v) is 4.52. The minimum absolute atomic E-state index is 0.317. The first kappa shape index (κ1) is 10.9. The topological polar surface area (TPSA) is 32.3 Å². The van der Waals surface area contributed by atoms with E-state index in [2.05, 4.69) is 26.1 Å². The number of unbranched alkanes of at least 4 members (excludes halogenated alkanes) is 1. The van der Waals surface area contributed by atoms with Crippen molar-refractivity contribution in [1.29, 1.82) is 0 Å². The van der Waals surface area contributed by atoms with Crippen LogP contribution in [-0.4, -0.2) is 24.3 Å². The SMILES string of the molecule is CC(C)C(C)NCCCCO. The third-order valence-corrected chi connectivity index (χ3v) is 2.05. The Bertz CT molecular complexity index is 83.6. The summed E-state index contributed by atoms with van der Waals surface area (Å²) in [6.45, 7) is 7.97. The molecule has 0 saturated heterocycles. The second-order valence-electron chi connectivity index (χ2n) is 3.42. The molecule has 0 aliphatic heterocycles. The number of nitrogens with one attached hydrogen (secondary N) is 1. The minimum atomic E-state index is 0.317. The van der Waals surface area contributed by atoms with Crippen LogP contribution in [0.3, 0.4) is 0 Å². The van der Waals surface area contributed by atoms with E-state index in [1.807, 2.05) is 0 Å². The molecule has 0 rings (SSSR count). The van der Waals surface area contributed by atoms with E-state index >= 15 is 0 Å². The van der Waals surface area contributed by atoms with Crippen LogP contribution in [0.4, 0.5) is 0 Å². The molecule has 0 radical (unpaired) electrons. The standard InChI is InChI=1S/C9H21NO/c1-8(2)9(3)10-6-4-5-7-11/h8-11H,4-7H2,1-3H3. The predicted octanol–water partition coefficient (Wildman–Crippen LogP) is 1.39. The summed E-state index contributed by atoms with van der Waals surface area (Å²) in [5.74, 6) is 0.698. The van der Waals surface area contributed by atoms with Crippen LogP contribution in [0, 0.1) is 5.92 Å². The van der Waals surface area contributed by atoms with E-state index in [9.17, 15) is 0 Å². The molecule has 0 bridgehead atoms. The highest BCUT2D eigenvalue weighted by molar-refractivity contribution is 4.63. The summed E-state index contributed by atoms with van der Waals surface area (Å²) < 4.78 is 0. The maximum atomic E-state index is 8.51. The molecule has 0 aromatic carbocycles. The van der Waals surface area contributed by atoms with E-state index in [1.54, 1.807) is 0 Å². The van der Waals surface area contributed by atoms with Crippen LogP contribution in [0.15, 0.2) is 0 Å². The van der Waals surface area contributed by atoms with Gasteiger partial charge in [0.1, 0.15) is 0 Å². The second-order valence-corrected chi connectivity index (χ2v) is 3.42. The number of hydrogen-bond acceptors (Lipinski definition) is 2. The van der Waals surface area contributed by atoms with Crippen molar-refractivity contribution in [3.63, 3.8) is 0 Å². The van der Waals surface area contributed by atoms with Gasteiger partial charge in [-0.15, -0.1) is 0 Å². The highest BCUT2D eigenvalue weighted by Gasteiger charge is 2.03. The first-order valence-electron chi connectivity index (χ1n) is 4.52. The second kappa shape index (κ2) is 6.62. The lowest BCUT2D eigenvalue weighted by Gasteiger charge is -2.16. The fraction of sp³-hybridized carbons (Fsp3) is 1.00. The Labute approximate surface area is 70.0 Å². The normalized spacial score (nSPS) is 13.9. The van der Waals surface area contributed by atoms with Crippen molar-refractivity contribution in [3.8, 4) is 0 Å². The molecule has 0 saturated carbocycles. The van der Waals surface area contributed by atoms with Crippen LogP contribution in [0.1, 0.15) is 33.6 Å². The molecule has 0 aromatic heterocycles. The van der Waals surface area contributed by atoms with E-state index in [4.69, 9.17) is 5.11 Å². The third-order valence-electron chi connectivity index (χ3n) is 2.05. The lowest BCUT2D eigenvalue weighted by molar-refractivity contribution is 0.281. The molecule has 2 heteroatoms. The minimum Gasteiger partial charge on any atom is -0.396 e. The number of aliphatic hydroxyl groups is 1. The van der Waals surface area contributed by atoms with E-state index in [1.165, 1.54) is 0 Å². The summed E-state index contributed by atoms with van der Waals surface area (Å²) in [6.07, 6.45) is 1.99. The molecule has 1 atom stereocenters. The Morgan fingerprint density at radius 1 is 1.18 bits per heavy atom. The first-order chi connectivity index (χ1) is 5.18. The molecular weight excluding hydrogens is 138 g/mol. The molecule has 2 N–H and O–H groups in total. The van der Waals surface area contributed by atoms with Crippen molar-refractivity contribution in [2.75, 3.05) is 13.2 Å². The quantitative estimate of drug-likeness (QED) is 0.574. The van der Waals surface area contributed by atoms with E-state index in [-0.39, 0.29) is 0 Å². The molecule has 11 heavy (non-hydrogen) atoms. The van der Waals surface area contributed by atoms with Gasteiger partial charge in [0, 0.05) is 12.6 Å². The van der Waals surface area contributed by atoms with Crippen LogP contribution >= 0.6 is 0 Å². The monoisotopic (exact) mass is 159 g/mol. The van der Waals surface area contributed by atoms with Gasteiger partial charge in [-0.05, 0) is 32.2 Å². The van der Waals surface area contributed by atoms with E-state index < -0.39 is 0 Å². The smallest absolute Gasteiger partial charge is 0.0431 e. The van der Waals surface area contributed by atoms with Gasteiger partial charge >= 0.3 is 0 Å². The van der Waals surface area contributed by atoms with Crippen molar-refractivity contribution in [2.24, 2.45) is 5.92 Å². The maximum absolute atomic E-state index is 8.51. The molecule has 0 spiro atoms. The van der Waals surface area contributed by atoms with Gasteiger partial charge in [-0.25, -0.2) is 0 Å². The van der Waals surface area contributed by atoms with Gasteiger partial charge < -0.3 is 10.4 Å². The van der Waals surface area contributed by atoms with Gasteiger partial charge in [0.2, 0.25) is 0 Å². The van der Waals surface area contributed by atoms with Crippen LogP contribution in [0.25, 0.3) is 0 Å². The molecule has 0 aliphatic rings. The molecule has 2 nitrogen and oxygen atoms in total. The van der Waals surface area contributed by atoms with E-state index in [0.29, 0.717) is 18.6 Å². The lowest BCUT2D eigenvalue weighted by Crippen LogP contribution is -2.31. The Morgan fingerprint density at radius 3 is 2.27 bits per heavy atom. The van der Waals surface area contributed by atoms with Gasteiger partial charge in [0.05, 0.1) is 0 Å². The summed E-state index contributed by atoms with van der Waals surface area (Å²) in [6, 6.07) is 0.591. The van der Waals surface area contributed by atoms with Gasteiger partial charge in [-0.1, -0.05) is 13.8 Å². The van der Waals surface area contributed by atoms with Crippen molar-refractivity contribution >= 4 is 0 Å². The summed E-state index contributed by atoms with van der Waals surface area (Å²) >= 11 is 0. The van der Waals surface area contributed by atoms with Crippen molar-refractivity contribution in [2.45, 2.75) is 39.7 Å². The zero-order chi connectivity index (χ0) is 8.69. The van der Waals surface area contributed by atoms with Gasteiger partial charge in [-0.2, -0.15) is 0 Å². The number of aliphatic hydroxyl groups excluding tert-OH is 1. The van der Waals surface area contributed by atoms with Crippen LogP contribution in [0.2, 0.25) is 0 Å². The highest BCUT2D eigenvalue weighted by Crippen LogP contribution is 1.99. The van der Waals surface area contributed by atoms with Crippen LogP contribution in [0.5, 0.6) is 0 Å². The fourth-order valence-electron chi connectivity index (χ4n) is 0.802. The molecule has 68 valence electrons. The summed E-state index contributed by atoms with van der Waals surface area (Å²) in [4.78, 5) is 0. The van der Waals surface area contributed by atoms with Crippen LogP contribution < -0.4 is 5.32 Å². The average molecular weight is 159 g/mol. The molecule has 0 fully saturated rings. The predicted molar refractivity (Wildman–Crippen MR) is 48.6 cm³/mol. The van der Waals surface area contributed by atoms with Gasteiger partial charge in [0.25, 0.3) is 0 Å². The molecule has 0 aromatic rings. The largest absolute Gasteiger partial charge is 0.396 e. The molecule has 0 aliphatic carbocycles. The summed E-state index contributed by atoms with van der Waals surface area (Å²) in [5, 5.41) is 11.9. The van der Waals surface area contributed by atoms with E-state index in [0.717, 1.165) is 19.4 Å². The molecule has 0 heterocycles. The summed E-state index contributed by atoms with van der Waals surface area (Å²) in [5.41, 5.74) is 0. The zero-order valence-electron chi connectivity index (χ0n) is 7.93. The number of rotatable bonds is 6. The number of hydrogen-bond donors (Lipinski definition) is 2. The third kappa shape index (κ3) is 6.32. The van der Waals surface area contributed by atoms with Crippen molar-refractivity contribution < 1.29 is 5.11 Å². The average Bonchev–Trinajstić information content (AvgIpc) is 1.97. The Morgan fingerprint density at radius 2 is 1.82 bits per heavy atom.